The second-order valence-electron chi connectivity index (χ2n) is 5.11. The Morgan fingerprint density at radius 1 is 1.39 bits per heavy atom. The first-order valence-electron chi connectivity index (χ1n) is 6.50. The number of benzene rings is 1. The summed E-state index contributed by atoms with van der Waals surface area (Å²) in [5, 5.41) is 3.19. The van der Waals surface area contributed by atoms with Crippen molar-refractivity contribution in [1.29, 1.82) is 0 Å². The second kappa shape index (κ2) is 6.04. The predicted molar refractivity (Wildman–Crippen MR) is 81.2 cm³/mol. The summed E-state index contributed by atoms with van der Waals surface area (Å²) in [6.07, 6.45) is 0. The molecule has 3 nitrogen and oxygen atoms in total. The monoisotopic (exact) mass is 311 g/mol. The number of likely N-dealkylation sites (N-methyl/N-ethyl adjacent to an activating group) is 1. The maximum atomic E-state index is 3.67. The number of rotatable bonds is 3. The molecule has 0 radical (unpaired) electrons. The van der Waals surface area contributed by atoms with Gasteiger partial charge in [-0.1, -0.05) is 22.0 Å². The van der Waals surface area contributed by atoms with Crippen molar-refractivity contribution in [3.05, 3.63) is 28.2 Å². The minimum absolute atomic E-state index is 0.575. The Hall–Kier alpha value is -0.580. The molecule has 0 aromatic heterocycles. The van der Waals surface area contributed by atoms with E-state index >= 15 is 0 Å². The fourth-order valence-electron chi connectivity index (χ4n) is 2.57. The molecule has 1 aliphatic heterocycles. The molecule has 4 heteroatoms. The maximum Gasteiger partial charge on any atom is 0.0389 e. The highest BCUT2D eigenvalue weighted by Gasteiger charge is 2.21. The Labute approximate surface area is 118 Å². The Bertz CT molecular complexity index is 408. The molecule has 1 heterocycles. The fraction of sp³-hybridized carbons (Fsp3) is 0.571. The first-order valence-corrected chi connectivity index (χ1v) is 7.29. The molecule has 0 saturated carbocycles. The van der Waals surface area contributed by atoms with Gasteiger partial charge in [0.2, 0.25) is 0 Å². The normalized spacial score (nSPS) is 21.3. The van der Waals surface area contributed by atoms with Crippen molar-refractivity contribution in [1.82, 2.24) is 10.2 Å². The van der Waals surface area contributed by atoms with Gasteiger partial charge in [0.15, 0.2) is 0 Å². The summed E-state index contributed by atoms with van der Waals surface area (Å²) < 4.78 is 1.19. The molecule has 0 spiro atoms. The van der Waals surface area contributed by atoms with E-state index in [0.717, 1.165) is 26.2 Å². The van der Waals surface area contributed by atoms with Crippen molar-refractivity contribution in [3.63, 3.8) is 0 Å². The second-order valence-corrected chi connectivity index (χ2v) is 5.97. The number of anilines is 1. The summed E-state index contributed by atoms with van der Waals surface area (Å²) in [4.78, 5) is 4.89. The molecule has 1 fully saturated rings. The summed E-state index contributed by atoms with van der Waals surface area (Å²) in [6, 6.07) is 7.26. The van der Waals surface area contributed by atoms with Crippen molar-refractivity contribution in [2.24, 2.45) is 0 Å². The zero-order valence-corrected chi connectivity index (χ0v) is 13.0. The van der Waals surface area contributed by atoms with E-state index in [9.17, 15) is 0 Å². The van der Waals surface area contributed by atoms with Crippen LogP contribution in [0.1, 0.15) is 12.5 Å². The lowest BCUT2D eigenvalue weighted by Crippen LogP contribution is -2.50. The molecule has 1 aliphatic rings. The van der Waals surface area contributed by atoms with Gasteiger partial charge in [0.25, 0.3) is 0 Å². The molecule has 0 aliphatic carbocycles. The fourth-order valence-corrected chi connectivity index (χ4v) is 3.08. The minimum Gasteiger partial charge on any atom is -0.366 e. The van der Waals surface area contributed by atoms with E-state index in [1.807, 2.05) is 7.05 Å². The van der Waals surface area contributed by atoms with Crippen molar-refractivity contribution >= 4 is 21.6 Å². The van der Waals surface area contributed by atoms with Crippen molar-refractivity contribution in [2.45, 2.75) is 19.5 Å². The smallest absolute Gasteiger partial charge is 0.0389 e. The highest BCUT2D eigenvalue weighted by Crippen LogP contribution is 2.26. The zero-order chi connectivity index (χ0) is 13.1. The zero-order valence-electron chi connectivity index (χ0n) is 11.4. The average Bonchev–Trinajstić information content (AvgIpc) is 2.32. The van der Waals surface area contributed by atoms with Crippen molar-refractivity contribution < 1.29 is 0 Å². The van der Waals surface area contributed by atoms with Crippen LogP contribution in [0.5, 0.6) is 0 Å². The van der Waals surface area contributed by atoms with Crippen LogP contribution in [-0.2, 0) is 6.54 Å². The van der Waals surface area contributed by atoms with Gasteiger partial charge in [0, 0.05) is 42.4 Å². The summed E-state index contributed by atoms with van der Waals surface area (Å²) in [7, 11) is 4.17. The molecule has 1 saturated heterocycles. The van der Waals surface area contributed by atoms with Crippen molar-refractivity contribution in [3.8, 4) is 0 Å². The van der Waals surface area contributed by atoms with Crippen molar-refractivity contribution in [2.75, 3.05) is 38.6 Å². The molecule has 1 aromatic rings. The molecule has 18 heavy (non-hydrogen) atoms. The highest BCUT2D eigenvalue weighted by molar-refractivity contribution is 9.10. The Morgan fingerprint density at radius 2 is 2.17 bits per heavy atom. The topological polar surface area (TPSA) is 18.5 Å². The van der Waals surface area contributed by atoms with Gasteiger partial charge in [0.05, 0.1) is 0 Å². The third-order valence-corrected chi connectivity index (χ3v) is 4.30. The highest BCUT2D eigenvalue weighted by atomic mass is 79.9. The summed E-state index contributed by atoms with van der Waals surface area (Å²) in [6.45, 7) is 6.58. The number of piperazine rings is 1. The van der Waals surface area contributed by atoms with E-state index in [2.05, 4.69) is 63.2 Å². The van der Waals surface area contributed by atoms with E-state index in [1.165, 1.54) is 15.7 Å². The van der Waals surface area contributed by atoms with Crippen LogP contribution in [-0.4, -0.2) is 44.7 Å². The van der Waals surface area contributed by atoms with Gasteiger partial charge in [-0.25, -0.2) is 0 Å². The van der Waals surface area contributed by atoms with E-state index in [1.54, 1.807) is 0 Å². The largest absolute Gasteiger partial charge is 0.366 e. The molecule has 2 rings (SSSR count). The third-order valence-electron chi connectivity index (χ3n) is 3.57. The Morgan fingerprint density at radius 3 is 2.78 bits per heavy atom. The van der Waals surface area contributed by atoms with Crippen LogP contribution in [0, 0.1) is 0 Å². The van der Waals surface area contributed by atoms with Gasteiger partial charge >= 0.3 is 0 Å². The SMILES string of the molecule is CNCc1ccc(N2CCN(C)CC2C)cc1Br. The predicted octanol–water partition coefficient (Wildman–Crippen LogP) is 2.31. The lowest BCUT2D eigenvalue weighted by Gasteiger charge is -2.40. The van der Waals surface area contributed by atoms with E-state index in [4.69, 9.17) is 0 Å². The maximum absolute atomic E-state index is 3.67. The molecular formula is C14H22BrN3. The molecule has 100 valence electrons. The van der Waals surface area contributed by atoms with Crippen LogP contribution in [0.4, 0.5) is 5.69 Å². The number of halogens is 1. The minimum atomic E-state index is 0.575. The molecule has 0 bridgehead atoms. The number of nitrogens with one attached hydrogen (secondary N) is 1. The van der Waals surface area contributed by atoms with Crippen LogP contribution in [0.2, 0.25) is 0 Å². The molecule has 0 amide bonds. The van der Waals surface area contributed by atoms with Gasteiger partial charge in [0.1, 0.15) is 0 Å². The van der Waals surface area contributed by atoms with Crippen LogP contribution >= 0.6 is 15.9 Å². The average molecular weight is 312 g/mol. The van der Waals surface area contributed by atoms with E-state index < -0.39 is 0 Å². The van der Waals surface area contributed by atoms with Gasteiger partial charge < -0.3 is 15.1 Å². The standard InChI is InChI=1S/C14H22BrN3/c1-11-10-17(3)6-7-18(11)13-5-4-12(9-16-2)14(15)8-13/h4-5,8,11,16H,6-7,9-10H2,1-3H3. The summed E-state index contributed by atoms with van der Waals surface area (Å²) >= 11 is 3.67. The van der Waals surface area contributed by atoms with Crippen LogP contribution in [0.25, 0.3) is 0 Å². The molecule has 1 N–H and O–H groups in total. The van der Waals surface area contributed by atoms with Gasteiger partial charge in [-0.05, 0) is 38.7 Å². The third kappa shape index (κ3) is 3.05. The van der Waals surface area contributed by atoms with Crippen LogP contribution < -0.4 is 10.2 Å². The molecule has 1 atom stereocenters. The van der Waals surface area contributed by atoms with Crippen LogP contribution in [0.15, 0.2) is 22.7 Å². The molecule has 1 aromatic carbocycles. The number of nitrogens with zero attached hydrogens (tertiary/aromatic N) is 2. The molecule has 1 unspecified atom stereocenters. The summed E-state index contributed by atoms with van der Waals surface area (Å²) in [5.41, 5.74) is 2.63. The lowest BCUT2D eigenvalue weighted by atomic mass is 10.1. The van der Waals surface area contributed by atoms with Gasteiger partial charge in [-0.3, -0.25) is 0 Å². The Balaban J connectivity index is 2.16. The van der Waals surface area contributed by atoms with Gasteiger partial charge in [-0.15, -0.1) is 0 Å². The first-order chi connectivity index (χ1) is 8.61. The van der Waals surface area contributed by atoms with Crippen LogP contribution in [0.3, 0.4) is 0 Å². The number of hydrogen-bond donors (Lipinski definition) is 1. The molecular weight excluding hydrogens is 290 g/mol. The quantitative estimate of drug-likeness (QED) is 0.924. The summed E-state index contributed by atoms with van der Waals surface area (Å²) in [5.74, 6) is 0. The van der Waals surface area contributed by atoms with E-state index in [0.29, 0.717) is 6.04 Å². The van der Waals surface area contributed by atoms with Gasteiger partial charge in [-0.2, -0.15) is 0 Å². The number of hydrogen-bond acceptors (Lipinski definition) is 3. The Kier molecular flexibility index (Phi) is 4.65. The van der Waals surface area contributed by atoms with E-state index in [-0.39, 0.29) is 0 Å². The first kappa shape index (κ1) is 13.8. The lowest BCUT2D eigenvalue weighted by molar-refractivity contribution is 0.275.